The summed E-state index contributed by atoms with van der Waals surface area (Å²) in [6.45, 7) is 1.62. The Bertz CT molecular complexity index is 137. The van der Waals surface area contributed by atoms with Crippen molar-refractivity contribution in [2.24, 2.45) is 0 Å². The Morgan fingerprint density at radius 2 is 1.92 bits per heavy atom. The average molecular weight is 172 g/mol. The molecule has 0 spiro atoms. The minimum Gasteiger partial charge on any atom is -0.393 e. The van der Waals surface area contributed by atoms with E-state index < -0.39 is 0 Å². The van der Waals surface area contributed by atoms with Gasteiger partial charge in [-0.05, 0) is 25.7 Å². The van der Waals surface area contributed by atoms with E-state index in [1.54, 1.807) is 0 Å². The molecule has 3 heteroatoms. The van der Waals surface area contributed by atoms with Crippen LogP contribution in [-0.4, -0.2) is 36.6 Å². The summed E-state index contributed by atoms with van der Waals surface area (Å²) < 4.78 is 10.7. The largest absolute Gasteiger partial charge is 0.393 e. The molecule has 2 fully saturated rings. The second kappa shape index (κ2) is 3.73. The summed E-state index contributed by atoms with van der Waals surface area (Å²) in [7, 11) is 0. The Labute approximate surface area is 72.7 Å². The van der Waals surface area contributed by atoms with E-state index in [0.29, 0.717) is 12.2 Å². The molecule has 70 valence electrons. The smallest absolute Gasteiger partial charge is 0.104 e. The first-order chi connectivity index (χ1) is 5.84. The molecule has 0 aromatic carbocycles. The highest BCUT2D eigenvalue weighted by Crippen LogP contribution is 2.22. The lowest BCUT2D eigenvalue weighted by Crippen LogP contribution is -2.25. The normalized spacial score (nSPS) is 41.2. The van der Waals surface area contributed by atoms with Gasteiger partial charge in [0.15, 0.2) is 0 Å². The number of ether oxygens (including phenoxy) is 2. The van der Waals surface area contributed by atoms with Crippen molar-refractivity contribution >= 4 is 0 Å². The molecule has 1 atom stereocenters. The average Bonchev–Trinajstić information content (AvgIpc) is 2.87. The van der Waals surface area contributed by atoms with E-state index in [4.69, 9.17) is 9.47 Å². The molecule has 1 heterocycles. The van der Waals surface area contributed by atoms with Gasteiger partial charge in [-0.3, -0.25) is 0 Å². The molecular formula is C9H16O3. The zero-order chi connectivity index (χ0) is 8.39. The lowest BCUT2D eigenvalue weighted by Gasteiger charge is -2.25. The van der Waals surface area contributed by atoms with Crippen molar-refractivity contribution in [3.63, 3.8) is 0 Å². The van der Waals surface area contributed by atoms with E-state index in [-0.39, 0.29) is 6.10 Å². The molecule has 12 heavy (non-hydrogen) atoms. The predicted molar refractivity (Wildman–Crippen MR) is 44.0 cm³/mol. The first kappa shape index (κ1) is 8.48. The molecule has 1 aliphatic heterocycles. The third-order valence-corrected chi connectivity index (χ3v) is 2.56. The molecular weight excluding hydrogens is 156 g/mol. The summed E-state index contributed by atoms with van der Waals surface area (Å²) in [6, 6.07) is 0. The Morgan fingerprint density at radius 3 is 2.50 bits per heavy atom. The topological polar surface area (TPSA) is 42.0 Å². The van der Waals surface area contributed by atoms with Crippen LogP contribution in [0.15, 0.2) is 0 Å². The van der Waals surface area contributed by atoms with Gasteiger partial charge in [0.05, 0.1) is 25.4 Å². The summed E-state index contributed by atoms with van der Waals surface area (Å²) in [5, 5.41) is 9.24. The fourth-order valence-corrected chi connectivity index (χ4v) is 1.62. The highest BCUT2D eigenvalue weighted by molar-refractivity contribution is 4.74. The van der Waals surface area contributed by atoms with Crippen LogP contribution in [0.1, 0.15) is 25.7 Å². The maximum Gasteiger partial charge on any atom is 0.104 e. The molecule has 0 amide bonds. The Hall–Kier alpha value is -0.120. The number of aliphatic hydroxyl groups excluding tert-OH is 1. The molecule has 1 N–H and O–H groups in total. The van der Waals surface area contributed by atoms with Crippen molar-refractivity contribution in [3.05, 3.63) is 0 Å². The predicted octanol–water partition coefficient (Wildman–Crippen LogP) is 0.705. The van der Waals surface area contributed by atoms with Gasteiger partial charge in [0.2, 0.25) is 0 Å². The monoisotopic (exact) mass is 172 g/mol. The number of aliphatic hydroxyl groups is 1. The molecule has 3 nitrogen and oxygen atoms in total. The van der Waals surface area contributed by atoms with E-state index in [1.165, 1.54) is 0 Å². The van der Waals surface area contributed by atoms with E-state index in [9.17, 15) is 5.11 Å². The Balaban J connectivity index is 1.60. The first-order valence-corrected chi connectivity index (χ1v) is 4.76. The summed E-state index contributed by atoms with van der Waals surface area (Å²) in [5.74, 6) is 0. The van der Waals surface area contributed by atoms with Crippen molar-refractivity contribution in [2.75, 3.05) is 13.2 Å². The van der Waals surface area contributed by atoms with Crippen molar-refractivity contribution in [1.82, 2.24) is 0 Å². The number of hydrogen-bond donors (Lipinski definition) is 1. The summed E-state index contributed by atoms with van der Waals surface area (Å²) in [5.41, 5.74) is 0. The maximum atomic E-state index is 9.24. The zero-order valence-electron chi connectivity index (χ0n) is 7.24. The van der Waals surface area contributed by atoms with Gasteiger partial charge in [-0.25, -0.2) is 0 Å². The first-order valence-electron chi connectivity index (χ1n) is 4.76. The number of rotatable bonds is 3. The number of epoxide rings is 1. The van der Waals surface area contributed by atoms with Gasteiger partial charge in [0.1, 0.15) is 6.10 Å². The third-order valence-electron chi connectivity index (χ3n) is 2.56. The second-order valence-electron chi connectivity index (χ2n) is 3.72. The molecule has 1 unspecified atom stereocenters. The fourth-order valence-electron chi connectivity index (χ4n) is 1.62. The minimum absolute atomic E-state index is 0.0815. The van der Waals surface area contributed by atoms with E-state index in [1.807, 2.05) is 0 Å². The second-order valence-corrected chi connectivity index (χ2v) is 3.72. The zero-order valence-corrected chi connectivity index (χ0v) is 7.24. The van der Waals surface area contributed by atoms with Crippen LogP contribution >= 0.6 is 0 Å². The van der Waals surface area contributed by atoms with Gasteiger partial charge in [0, 0.05) is 0 Å². The molecule has 2 rings (SSSR count). The maximum absolute atomic E-state index is 9.24. The van der Waals surface area contributed by atoms with Crippen molar-refractivity contribution in [3.8, 4) is 0 Å². The van der Waals surface area contributed by atoms with Gasteiger partial charge in [0.25, 0.3) is 0 Å². The molecule has 1 aliphatic carbocycles. The van der Waals surface area contributed by atoms with Crippen LogP contribution < -0.4 is 0 Å². The fraction of sp³-hybridized carbons (Fsp3) is 1.00. The highest BCUT2D eigenvalue weighted by Gasteiger charge is 2.26. The summed E-state index contributed by atoms with van der Waals surface area (Å²) in [6.07, 6.45) is 4.48. The molecule has 1 saturated heterocycles. The lowest BCUT2D eigenvalue weighted by molar-refractivity contribution is -0.00854. The molecule has 0 radical (unpaired) electrons. The van der Waals surface area contributed by atoms with Crippen LogP contribution in [0.4, 0.5) is 0 Å². The molecule has 1 saturated carbocycles. The number of hydrogen-bond acceptors (Lipinski definition) is 3. The van der Waals surface area contributed by atoms with Crippen LogP contribution in [0.2, 0.25) is 0 Å². The van der Waals surface area contributed by atoms with E-state index >= 15 is 0 Å². The summed E-state index contributed by atoms with van der Waals surface area (Å²) in [4.78, 5) is 0. The quantitative estimate of drug-likeness (QED) is 0.637. The van der Waals surface area contributed by atoms with E-state index in [2.05, 4.69) is 0 Å². The van der Waals surface area contributed by atoms with Gasteiger partial charge in [-0.15, -0.1) is 0 Å². The van der Waals surface area contributed by atoms with Gasteiger partial charge >= 0.3 is 0 Å². The summed E-state index contributed by atoms with van der Waals surface area (Å²) >= 11 is 0. The van der Waals surface area contributed by atoms with Crippen LogP contribution in [0.5, 0.6) is 0 Å². The van der Waals surface area contributed by atoms with Crippen LogP contribution in [0.25, 0.3) is 0 Å². The molecule has 0 bridgehead atoms. The Morgan fingerprint density at radius 1 is 1.25 bits per heavy atom. The van der Waals surface area contributed by atoms with Gasteiger partial charge in [-0.1, -0.05) is 0 Å². The lowest BCUT2D eigenvalue weighted by atomic mass is 9.95. The third kappa shape index (κ3) is 2.44. The SMILES string of the molecule is OC1CCC(OCC2CO2)CC1. The van der Waals surface area contributed by atoms with Crippen molar-refractivity contribution in [1.29, 1.82) is 0 Å². The highest BCUT2D eigenvalue weighted by atomic mass is 16.6. The standard InChI is InChI=1S/C9H16O3/c10-7-1-3-8(4-2-7)11-5-9-6-12-9/h7-10H,1-6H2. The minimum atomic E-state index is -0.0815. The van der Waals surface area contributed by atoms with E-state index in [0.717, 1.165) is 38.9 Å². The molecule has 2 aliphatic rings. The van der Waals surface area contributed by atoms with Crippen molar-refractivity contribution < 1.29 is 14.6 Å². The Kier molecular flexibility index (Phi) is 2.63. The van der Waals surface area contributed by atoms with Crippen LogP contribution in [0.3, 0.4) is 0 Å². The van der Waals surface area contributed by atoms with Crippen LogP contribution in [-0.2, 0) is 9.47 Å². The van der Waals surface area contributed by atoms with Gasteiger partial charge < -0.3 is 14.6 Å². The van der Waals surface area contributed by atoms with Gasteiger partial charge in [-0.2, -0.15) is 0 Å². The van der Waals surface area contributed by atoms with Crippen LogP contribution in [0, 0.1) is 0 Å². The van der Waals surface area contributed by atoms with Crippen molar-refractivity contribution in [2.45, 2.75) is 44.0 Å². The molecule has 0 aromatic heterocycles. The molecule has 0 aromatic rings.